The number of primary sulfonamides is 1. The average Bonchev–Trinajstić information content (AvgIpc) is 2.77. The molecule has 0 heterocycles. The molecule has 0 aliphatic heterocycles. The van der Waals surface area contributed by atoms with Gasteiger partial charge < -0.3 is 25.4 Å². The first kappa shape index (κ1) is 24.4. The van der Waals surface area contributed by atoms with Gasteiger partial charge in [0.15, 0.2) is 0 Å². The molecule has 0 aromatic heterocycles. The molecule has 3 aromatic rings. The van der Waals surface area contributed by atoms with E-state index in [1.165, 1.54) is 33.3 Å². The van der Waals surface area contributed by atoms with Gasteiger partial charge in [-0.15, -0.1) is 0 Å². The summed E-state index contributed by atoms with van der Waals surface area (Å²) in [5.74, 6) is 0.00135. The minimum absolute atomic E-state index is 0.0410. The summed E-state index contributed by atoms with van der Waals surface area (Å²) >= 11 is 0. The first-order valence-electron chi connectivity index (χ1n) is 10.2. The first-order chi connectivity index (χ1) is 15.6. The SMILES string of the molecule is COc1ccc(C(c2ccc(OC)cc2)C(c2ccc(N)c(C(C)O)c2O)S(N)(=O)=O)cc1. The third-order valence-electron chi connectivity index (χ3n) is 5.61. The lowest BCUT2D eigenvalue weighted by Crippen LogP contribution is -2.28. The highest BCUT2D eigenvalue weighted by Crippen LogP contribution is 2.47. The predicted octanol–water partition coefficient (Wildman–Crippen LogP) is 3.21. The number of sulfonamides is 1. The molecule has 0 spiro atoms. The number of aromatic hydroxyl groups is 1. The zero-order chi connectivity index (χ0) is 24.3. The van der Waals surface area contributed by atoms with Crippen molar-refractivity contribution in [3.63, 3.8) is 0 Å². The van der Waals surface area contributed by atoms with Crippen molar-refractivity contribution in [2.45, 2.75) is 24.2 Å². The fourth-order valence-electron chi connectivity index (χ4n) is 4.02. The molecule has 0 saturated heterocycles. The number of methoxy groups -OCH3 is 2. The second-order valence-electron chi connectivity index (χ2n) is 7.72. The van der Waals surface area contributed by atoms with E-state index in [-0.39, 0.29) is 16.8 Å². The Balaban J connectivity index is 2.31. The predicted molar refractivity (Wildman–Crippen MR) is 127 cm³/mol. The molecule has 0 bridgehead atoms. The van der Waals surface area contributed by atoms with Crippen LogP contribution >= 0.6 is 0 Å². The summed E-state index contributed by atoms with van der Waals surface area (Å²) in [6.07, 6.45) is -1.12. The molecular formula is C24H28N2O6S. The van der Waals surface area contributed by atoms with Crippen molar-refractivity contribution >= 4 is 15.7 Å². The molecule has 2 atom stereocenters. The van der Waals surface area contributed by atoms with E-state index in [1.54, 1.807) is 48.5 Å². The Hall–Kier alpha value is -3.27. The molecule has 8 nitrogen and oxygen atoms in total. The molecule has 3 aromatic carbocycles. The van der Waals surface area contributed by atoms with Crippen LogP contribution in [0.3, 0.4) is 0 Å². The molecule has 0 fully saturated rings. The van der Waals surface area contributed by atoms with Crippen LogP contribution in [0.15, 0.2) is 60.7 Å². The Labute approximate surface area is 193 Å². The van der Waals surface area contributed by atoms with E-state index < -0.39 is 33.0 Å². The van der Waals surface area contributed by atoms with Crippen LogP contribution in [0, 0.1) is 0 Å². The van der Waals surface area contributed by atoms with E-state index >= 15 is 0 Å². The minimum atomic E-state index is -4.27. The van der Waals surface area contributed by atoms with E-state index in [4.69, 9.17) is 20.3 Å². The van der Waals surface area contributed by atoms with Crippen LogP contribution < -0.4 is 20.3 Å². The third-order valence-corrected chi connectivity index (χ3v) is 6.85. The lowest BCUT2D eigenvalue weighted by atomic mass is 9.84. The number of hydrogen-bond acceptors (Lipinski definition) is 7. The summed E-state index contributed by atoms with van der Waals surface area (Å²) in [6, 6.07) is 16.7. The van der Waals surface area contributed by atoms with Crippen molar-refractivity contribution in [1.82, 2.24) is 0 Å². The number of phenols is 1. The van der Waals surface area contributed by atoms with Gasteiger partial charge in [-0.05, 0) is 48.4 Å². The monoisotopic (exact) mass is 472 g/mol. The van der Waals surface area contributed by atoms with Gasteiger partial charge in [0.2, 0.25) is 10.0 Å². The highest BCUT2D eigenvalue weighted by molar-refractivity contribution is 7.89. The fraction of sp³-hybridized carbons (Fsp3) is 0.250. The molecule has 176 valence electrons. The van der Waals surface area contributed by atoms with Crippen LogP contribution in [0.1, 0.15) is 46.4 Å². The van der Waals surface area contributed by atoms with E-state index in [0.717, 1.165) is 0 Å². The molecule has 0 amide bonds. The fourth-order valence-corrected chi connectivity index (χ4v) is 5.26. The maximum absolute atomic E-state index is 13.0. The molecule has 0 radical (unpaired) electrons. The van der Waals surface area contributed by atoms with Gasteiger partial charge in [-0.2, -0.15) is 0 Å². The molecule has 0 aliphatic rings. The number of benzene rings is 3. The van der Waals surface area contributed by atoms with Crippen LogP contribution in [0.4, 0.5) is 5.69 Å². The van der Waals surface area contributed by atoms with E-state index in [1.807, 2.05) is 0 Å². The molecule has 33 heavy (non-hydrogen) atoms. The second-order valence-corrected chi connectivity index (χ2v) is 9.40. The van der Waals surface area contributed by atoms with Crippen LogP contribution in [0.25, 0.3) is 0 Å². The van der Waals surface area contributed by atoms with Gasteiger partial charge in [-0.25, -0.2) is 13.6 Å². The summed E-state index contributed by atoms with van der Waals surface area (Å²) in [6.45, 7) is 1.44. The van der Waals surface area contributed by atoms with Gasteiger partial charge in [-0.1, -0.05) is 30.3 Å². The number of anilines is 1. The molecule has 6 N–H and O–H groups in total. The number of aliphatic hydroxyl groups is 1. The number of hydrogen-bond donors (Lipinski definition) is 4. The average molecular weight is 473 g/mol. The Morgan fingerprint density at radius 1 is 0.848 bits per heavy atom. The number of phenolic OH excluding ortho intramolecular Hbond substituents is 1. The summed E-state index contributed by atoms with van der Waals surface area (Å²) in [4.78, 5) is 0. The molecule has 0 aliphatic carbocycles. The third kappa shape index (κ3) is 5.05. The molecule has 2 unspecified atom stereocenters. The molecule has 9 heteroatoms. The topological polar surface area (TPSA) is 145 Å². The largest absolute Gasteiger partial charge is 0.507 e. The molecular weight excluding hydrogens is 444 g/mol. The van der Waals surface area contributed by atoms with Gasteiger partial charge >= 0.3 is 0 Å². The van der Waals surface area contributed by atoms with Crippen LogP contribution in [0.2, 0.25) is 0 Å². The van der Waals surface area contributed by atoms with Gasteiger partial charge in [0.05, 0.1) is 20.3 Å². The van der Waals surface area contributed by atoms with E-state index in [2.05, 4.69) is 0 Å². The van der Waals surface area contributed by atoms with Gasteiger partial charge in [0.1, 0.15) is 22.5 Å². The number of nitrogens with two attached hydrogens (primary N) is 2. The van der Waals surface area contributed by atoms with Crippen LogP contribution in [-0.2, 0) is 10.0 Å². The number of aliphatic hydroxyl groups excluding tert-OH is 1. The minimum Gasteiger partial charge on any atom is -0.507 e. The number of ether oxygens (including phenoxy) is 2. The highest BCUT2D eigenvalue weighted by Gasteiger charge is 2.38. The molecule has 3 rings (SSSR count). The Kier molecular flexibility index (Phi) is 7.16. The van der Waals surface area contributed by atoms with Crippen molar-refractivity contribution < 1.29 is 28.1 Å². The van der Waals surface area contributed by atoms with Crippen molar-refractivity contribution in [3.05, 3.63) is 82.9 Å². The molecule has 0 saturated carbocycles. The smallest absolute Gasteiger partial charge is 0.217 e. The zero-order valence-electron chi connectivity index (χ0n) is 18.6. The summed E-state index contributed by atoms with van der Waals surface area (Å²) in [5, 5.41) is 25.5. The van der Waals surface area contributed by atoms with E-state index in [9.17, 15) is 18.6 Å². The van der Waals surface area contributed by atoms with Gasteiger partial charge in [0, 0.05) is 22.7 Å². The number of rotatable bonds is 8. The van der Waals surface area contributed by atoms with Crippen LogP contribution in [0.5, 0.6) is 17.2 Å². The summed E-state index contributed by atoms with van der Waals surface area (Å²) < 4.78 is 36.5. The first-order valence-corrected chi connectivity index (χ1v) is 11.8. The lowest BCUT2D eigenvalue weighted by Gasteiger charge is -2.29. The van der Waals surface area contributed by atoms with Crippen molar-refractivity contribution in [3.8, 4) is 17.2 Å². The van der Waals surface area contributed by atoms with Gasteiger partial charge in [-0.3, -0.25) is 0 Å². The van der Waals surface area contributed by atoms with Crippen LogP contribution in [-0.4, -0.2) is 32.9 Å². The maximum Gasteiger partial charge on any atom is 0.217 e. The lowest BCUT2D eigenvalue weighted by molar-refractivity contribution is 0.195. The van der Waals surface area contributed by atoms with Crippen molar-refractivity contribution in [2.75, 3.05) is 20.0 Å². The second kappa shape index (κ2) is 9.70. The highest BCUT2D eigenvalue weighted by atomic mass is 32.2. The quantitative estimate of drug-likeness (QED) is 0.368. The zero-order valence-corrected chi connectivity index (χ0v) is 19.4. The summed E-state index contributed by atoms with van der Waals surface area (Å²) in [5.41, 5.74) is 7.43. The van der Waals surface area contributed by atoms with Gasteiger partial charge in [0.25, 0.3) is 0 Å². The Bertz CT molecular complexity index is 1160. The summed E-state index contributed by atoms with van der Waals surface area (Å²) in [7, 11) is -1.20. The van der Waals surface area contributed by atoms with Crippen molar-refractivity contribution in [2.24, 2.45) is 5.14 Å². The maximum atomic E-state index is 13.0. The Morgan fingerprint density at radius 2 is 1.30 bits per heavy atom. The van der Waals surface area contributed by atoms with E-state index in [0.29, 0.717) is 22.6 Å². The normalized spacial score (nSPS) is 13.5. The number of nitrogen functional groups attached to an aromatic ring is 1. The Morgan fingerprint density at radius 3 is 1.67 bits per heavy atom. The standard InChI is InChI=1S/C24H28N2O6S/c1-14(27)21-20(25)13-12-19(23(21)28)24(33(26,29)30)22(15-4-8-17(31-2)9-5-15)16-6-10-18(32-3)11-7-16/h4-14,22,24,27-28H,25H2,1-3H3,(H2,26,29,30). The van der Waals surface area contributed by atoms with Crippen molar-refractivity contribution in [1.29, 1.82) is 0 Å².